The first-order chi connectivity index (χ1) is 13.5. The minimum atomic E-state index is -0.795. The first kappa shape index (κ1) is 18.2. The van der Waals surface area contributed by atoms with Gasteiger partial charge in [-0.2, -0.15) is 0 Å². The van der Waals surface area contributed by atoms with E-state index in [-0.39, 0.29) is 17.5 Å². The number of hydrogen-bond donors (Lipinski definition) is 1. The number of nitrogens with one attached hydrogen (secondary N) is 1. The summed E-state index contributed by atoms with van der Waals surface area (Å²) < 4.78 is 0. The van der Waals surface area contributed by atoms with Gasteiger partial charge in [-0.1, -0.05) is 42.1 Å². The second-order valence-electron chi connectivity index (χ2n) is 6.36. The molecule has 2 aliphatic heterocycles. The minimum absolute atomic E-state index is 0.0272. The number of fused-ring (bicyclic) bond motifs is 1. The largest absolute Gasteiger partial charge is 0.339 e. The molecule has 2 aromatic rings. The molecule has 28 heavy (non-hydrogen) atoms. The summed E-state index contributed by atoms with van der Waals surface area (Å²) in [5.41, 5.74) is 1.15. The number of nitrogens with zero attached hydrogens (tertiary/aromatic N) is 3. The fourth-order valence-corrected chi connectivity index (χ4v) is 4.52. The maximum atomic E-state index is 13.0. The lowest BCUT2D eigenvalue weighted by atomic mass is 10.0. The monoisotopic (exact) mass is 396 g/mol. The first-order valence-corrected chi connectivity index (χ1v) is 9.55. The third-order valence-electron chi connectivity index (χ3n) is 4.62. The van der Waals surface area contributed by atoms with E-state index >= 15 is 0 Å². The van der Waals surface area contributed by atoms with Crippen LogP contribution in [0.15, 0.2) is 59.6 Å². The van der Waals surface area contributed by atoms with Crippen LogP contribution in [0, 0.1) is 10.1 Å². The maximum absolute atomic E-state index is 13.0. The molecule has 0 saturated carbocycles. The van der Waals surface area contributed by atoms with Gasteiger partial charge in [-0.15, -0.1) is 0 Å². The molecule has 0 radical (unpaired) electrons. The molecule has 0 aromatic heterocycles. The molecule has 2 unspecified atom stereocenters. The number of thioether (sulfide) groups is 1. The summed E-state index contributed by atoms with van der Waals surface area (Å²) in [5.74, 6) is -0.561. The number of benzene rings is 2. The van der Waals surface area contributed by atoms with Crippen LogP contribution in [0.25, 0.3) is 0 Å². The molecule has 2 aromatic carbocycles. The number of amidine groups is 1. The van der Waals surface area contributed by atoms with E-state index in [2.05, 4.69) is 10.3 Å². The number of nitro groups is 1. The highest BCUT2D eigenvalue weighted by Crippen LogP contribution is 2.40. The summed E-state index contributed by atoms with van der Waals surface area (Å²) in [6, 6.07) is 13.9. The molecule has 1 N–H and O–H groups in total. The topological polar surface area (TPSA) is 105 Å². The van der Waals surface area contributed by atoms with Crippen LogP contribution < -0.4 is 5.32 Å². The molecule has 142 valence electrons. The lowest BCUT2D eigenvalue weighted by molar-refractivity contribution is -0.384. The van der Waals surface area contributed by atoms with E-state index in [0.717, 1.165) is 5.56 Å². The molecular weight excluding hydrogens is 380 g/mol. The van der Waals surface area contributed by atoms with Crippen molar-refractivity contribution < 1.29 is 14.5 Å². The number of rotatable bonds is 4. The van der Waals surface area contributed by atoms with Crippen molar-refractivity contribution in [2.45, 2.75) is 11.3 Å². The van der Waals surface area contributed by atoms with Gasteiger partial charge in [0.1, 0.15) is 6.04 Å². The summed E-state index contributed by atoms with van der Waals surface area (Å²) in [4.78, 5) is 42.1. The molecule has 1 fully saturated rings. The quantitative estimate of drug-likeness (QED) is 0.631. The van der Waals surface area contributed by atoms with Gasteiger partial charge in [-0.05, 0) is 17.7 Å². The molecule has 4 rings (SSSR count). The highest BCUT2D eigenvalue weighted by atomic mass is 32.2. The second-order valence-corrected chi connectivity index (χ2v) is 7.47. The van der Waals surface area contributed by atoms with Crippen molar-refractivity contribution in [3.05, 3.63) is 75.8 Å². The van der Waals surface area contributed by atoms with Crippen molar-refractivity contribution in [1.82, 2.24) is 10.2 Å². The Hall–Kier alpha value is -3.20. The summed E-state index contributed by atoms with van der Waals surface area (Å²) in [5, 5.41) is 14.0. The lowest BCUT2D eigenvalue weighted by Gasteiger charge is -2.36. The van der Waals surface area contributed by atoms with Crippen molar-refractivity contribution in [2.24, 2.45) is 4.99 Å². The minimum Gasteiger partial charge on any atom is -0.339 e. The fourth-order valence-electron chi connectivity index (χ4n) is 3.21. The fraction of sp³-hybridized carbons (Fsp3) is 0.211. The van der Waals surface area contributed by atoms with Crippen LogP contribution >= 0.6 is 11.8 Å². The third-order valence-corrected chi connectivity index (χ3v) is 5.98. The van der Waals surface area contributed by atoms with Crippen molar-refractivity contribution in [1.29, 1.82) is 0 Å². The first-order valence-electron chi connectivity index (χ1n) is 8.67. The average Bonchev–Trinajstić information content (AvgIpc) is 3.19. The van der Waals surface area contributed by atoms with Gasteiger partial charge in [0.05, 0.1) is 16.7 Å². The van der Waals surface area contributed by atoms with Gasteiger partial charge < -0.3 is 5.32 Å². The van der Waals surface area contributed by atoms with Crippen LogP contribution in [0.3, 0.4) is 0 Å². The Bertz CT molecular complexity index is 962. The molecule has 9 heteroatoms. The Labute approximate surface area is 164 Å². The molecule has 1 saturated heterocycles. The molecular formula is C19H16N4O4S. The molecule has 0 spiro atoms. The Kier molecular flexibility index (Phi) is 4.82. The van der Waals surface area contributed by atoms with Crippen molar-refractivity contribution in [2.75, 3.05) is 13.1 Å². The van der Waals surface area contributed by atoms with Gasteiger partial charge in [0.15, 0.2) is 5.17 Å². The van der Waals surface area contributed by atoms with Gasteiger partial charge in [-0.3, -0.25) is 29.6 Å². The molecule has 2 atom stereocenters. The van der Waals surface area contributed by atoms with E-state index in [1.165, 1.54) is 23.9 Å². The standard InChI is InChI=1S/C19H16N4O4S/c24-17(13-4-2-1-3-5-13)21-15-16(12-6-8-14(9-7-12)23(26)27)28-19-20-10-11-22(19)18(15)25/h1-9,15-16H,10-11H2,(H,21,24). The number of aliphatic imine (C=N–C) groups is 1. The van der Waals surface area contributed by atoms with Crippen LogP contribution in [0.5, 0.6) is 0 Å². The number of non-ortho nitro benzene ring substituents is 1. The zero-order valence-corrected chi connectivity index (χ0v) is 15.5. The predicted octanol–water partition coefficient (Wildman–Crippen LogP) is 2.38. The number of nitro benzene ring substituents is 1. The number of hydrogen-bond acceptors (Lipinski definition) is 6. The Morgan fingerprint density at radius 2 is 1.89 bits per heavy atom. The molecule has 0 bridgehead atoms. The predicted molar refractivity (Wildman–Crippen MR) is 105 cm³/mol. The summed E-state index contributed by atoms with van der Waals surface area (Å²) >= 11 is 1.39. The van der Waals surface area contributed by atoms with Crippen LogP contribution in [-0.4, -0.2) is 45.9 Å². The van der Waals surface area contributed by atoms with Gasteiger partial charge in [0, 0.05) is 24.2 Å². The molecule has 2 aliphatic rings. The van der Waals surface area contributed by atoms with E-state index in [1.807, 2.05) is 6.07 Å². The van der Waals surface area contributed by atoms with Crippen LogP contribution in [0.4, 0.5) is 5.69 Å². The van der Waals surface area contributed by atoms with Crippen LogP contribution in [0.2, 0.25) is 0 Å². The normalized spacial score (nSPS) is 21.1. The van der Waals surface area contributed by atoms with E-state index in [1.54, 1.807) is 41.3 Å². The van der Waals surface area contributed by atoms with Gasteiger partial charge >= 0.3 is 0 Å². The average molecular weight is 396 g/mol. The van der Waals surface area contributed by atoms with Crippen molar-refractivity contribution in [3.63, 3.8) is 0 Å². The zero-order valence-electron chi connectivity index (χ0n) is 14.6. The zero-order chi connectivity index (χ0) is 19.7. The number of carbonyl (C=O) groups is 2. The number of amides is 2. The van der Waals surface area contributed by atoms with E-state index in [9.17, 15) is 19.7 Å². The summed E-state index contributed by atoms with van der Waals surface area (Å²) in [7, 11) is 0. The van der Waals surface area contributed by atoms with Crippen molar-refractivity contribution >= 4 is 34.4 Å². The molecule has 8 nitrogen and oxygen atoms in total. The van der Waals surface area contributed by atoms with Crippen molar-refractivity contribution in [3.8, 4) is 0 Å². The number of carbonyl (C=O) groups excluding carboxylic acids is 2. The SMILES string of the molecule is O=C(NC1C(=O)N2CCN=C2SC1c1ccc([N+](=O)[O-])cc1)c1ccccc1. The Morgan fingerprint density at radius 1 is 1.18 bits per heavy atom. The Morgan fingerprint density at radius 3 is 2.57 bits per heavy atom. The van der Waals surface area contributed by atoms with Crippen LogP contribution in [-0.2, 0) is 4.79 Å². The Balaban J connectivity index is 1.65. The molecule has 2 amide bonds. The molecule has 2 heterocycles. The van der Waals surface area contributed by atoms with E-state index in [4.69, 9.17) is 0 Å². The third kappa shape index (κ3) is 3.36. The van der Waals surface area contributed by atoms with Gasteiger partial charge in [0.2, 0.25) is 0 Å². The summed E-state index contributed by atoms with van der Waals surface area (Å²) in [6.45, 7) is 1.02. The van der Waals surface area contributed by atoms with Crippen LogP contribution in [0.1, 0.15) is 21.2 Å². The van der Waals surface area contributed by atoms with Gasteiger partial charge in [-0.25, -0.2) is 0 Å². The maximum Gasteiger partial charge on any atom is 0.269 e. The highest BCUT2D eigenvalue weighted by molar-refractivity contribution is 8.14. The van der Waals surface area contributed by atoms with Gasteiger partial charge in [0.25, 0.3) is 17.5 Å². The van der Waals surface area contributed by atoms with E-state index in [0.29, 0.717) is 23.8 Å². The lowest BCUT2D eigenvalue weighted by Crippen LogP contribution is -2.55. The second kappa shape index (κ2) is 7.43. The van der Waals surface area contributed by atoms with E-state index < -0.39 is 16.2 Å². The summed E-state index contributed by atoms with van der Waals surface area (Å²) in [6.07, 6.45) is 0. The molecule has 0 aliphatic carbocycles. The highest BCUT2D eigenvalue weighted by Gasteiger charge is 2.44. The smallest absolute Gasteiger partial charge is 0.269 e.